The van der Waals surface area contributed by atoms with E-state index in [9.17, 15) is 10.1 Å². The number of halogens is 1. The fourth-order valence-corrected chi connectivity index (χ4v) is 2.27. The predicted molar refractivity (Wildman–Crippen MR) is 80.3 cm³/mol. The van der Waals surface area contributed by atoms with Gasteiger partial charge < -0.3 is 9.88 Å². The Labute approximate surface area is 126 Å². The molecule has 1 N–H and O–H groups in total. The van der Waals surface area contributed by atoms with E-state index < -0.39 is 4.92 Å². The molecule has 2 rings (SSSR count). The van der Waals surface area contributed by atoms with Crippen LogP contribution in [-0.2, 0) is 13.6 Å². The van der Waals surface area contributed by atoms with Crippen molar-refractivity contribution >= 4 is 23.0 Å². The SMILES string of the molecule is Cc1cc([N+](=O)[O-])c(Cl)cc1NCc1cc(C#N)n(C)c1. The van der Waals surface area contributed by atoms with Crippen LogP contribution >= 0.6 is 11.6 Å². The number of benzene rings is 1. The second kappa shape index (κ2) is 5.85. The standard InChI is InChI=1S/C14H13ClN4O2/c1-9-3-14(19(20)21)12(15)5-13(9)17-7-10-4-11(6-16)18(2)8-10/h3-5,8,17H,7H2,1-2H3. The molecule has 0 amide bonds. The second-order valence-corrected chi connectivity index (χ2v) is 5.09. The van der Waals surface area contributed by atoms with Gasteiger partial charge in [-0.05, 0) is 30.2 Å². The van der Waals surface area contributed by atoms with Crippen LogP contribution in [0.5, 0.6) is 0 Å². The maximum atomic E-state index is 10.8. The molecular formula is C14H13ClN4O2. The van der Waals surface area contributed by atoms with Crippen LogP contribution in [0.15, 0.2) is 24.4 Å². The van der Waals surface area contributed by atoms with Crippen LogP contribution < -0.4 is 5.32 Å². The molecule has 0 saturated heterocycles. The molecule has 1 aromatic heterocycles. The van der Waals surface area contributed by atoms with Gasteiger partial charge in [-0.15, -0.1) is 0 Å². The van der Waals surface area contributed by atoms with Crippen molar-refractivity contribution in [1.82, 2.24) is 4.57 Å². The van der Waals surface area contributed by atoms with Gasteiger partial charge in [0, 0.05) is 31.5 Å². The van der Waals surface area contributed by atoms with E-state index >= 15 is 0 Å². The highest BCUT2D eigenvalue weighted by Crippen LogP contribution is 2.30. The number of hydrogen-bond acceptors (Lipinski definition) is 4. The zero-order valence-electron chi connectivity index (χ0n) is 11.6. The smallest absolute Gasteiger partial charge is 0.288 e. The summed E-state index contributed by atoms with van der Waals surface area (Å²) in [6.45, 7) is 2.28. The largest absolute Gasteiger partial charge is 0.381 e. The normalized spacial score (nSPS) is 10.2. The minimum absolute atomic E-state index is 0.0962. The quantitative estimate of drug-likeness (QED) is 0.693. The summed E-state index contributed by atoms with van der Waals surface area (Å²) in [7, 11) is 1.80. The fraction of sp³-hybridized carbons (Fsp3) is 0.214. The highest BCUT2D eigenvalue weighted by molar-refractivity contribution is 6.33. The second-order valence-electron chi connectivity index (χ2n) is 4.69. The van der Waals surface area contributed by atoms with Crippen molar-refractivity contribution in [1.29, 1.82) is 5.26 Å². The summed E-state index contributed by atoms with van der Waals surface area (Å²) in [6, 6.07) is 6.87. The van der Waals surface area contributed by atoms with Crippen LogP contribution in [0.1, 0.15) is 16.8 Å². The molecule has 0 spiro atoms. The Morgan fingerprint density at radius 1 is 1.48 bits per heavy atom. The van der Waals surface area contributed by atoms with Gasteiger partial charge in [0.05, 0.1) is 4.92 Å². The van der Waals surface area contributed by atoms with Gasteiger partial charge in [-0.3, -0.25) is 10.1 Å². The Kier molecular flexibility index (Phi) is 4.15. The van der Waals surface area contributed by atoms with Gasteiger partial charge >= 0.3 is 0 Å². The highest BCUT2D eigenvalue weighted by atomic mass is 35.5. The number of anilines is 1. The first-order valence-corrected chi connectivity index (χ1v) is 6.54. The molecule has 21 heavy (non-hydrogen) atoms. The molecule has 2 aromatic rings. The Bertz CT molecular complexity index is 746. The molecule has 0 unspecified atom stereocenters. The molecule has 1 heterocycles. The topological polar surface area (TPSA) is 83.9 Å². The number of nitriles is 1. The molecule has 0 atom stereocenters. The van der Waals surface area contributed by atoms with E-state index in [4.69, 9.17) is 16.9 Å². The third-order valence-corrected chi connectivity index (χ3v) is 3.45. The molecule has 0 aliphatic carbocycles. The molecule has 1 aromatic carbocycles. The zero-order chi connectivity index (χ0) is 15.6. The van der Waals surface area contributed by atoms with Crippen LogP contribution in [0.3, 0.4) is 0 Å². The number of rotatable bonds is 4. The summed E-state index contributed by atoms with van der Waals surface area (Å²) >= 11 is 5.90. The van der Waals surface area contributed by atoms with Crippen molar-refractivity contribution in [2.75, 3.05) is 5.32 Å². The van der Waals surface area contributed by atoms with E-state index in [1.54, 1.807) is 30.7 Å². The Morgan fingerprint density at radius 3 is 2.76 bits per heavy atom. The van der Waals surface area contributed by atoms with Crippen LogP contribution in [-0.4, -0.2) is 9.49 Å². The van der Waals surface area contributed by atoms with Crippen LogP contribution in [0.4, 0.5) is 11.4 Å². The van der Waals surface area contributed by atoms with Crippen molar-refractivity contribution in [2.24, 2.45) is 7.05 Å². The number of aryl methyl sites for hydroxylation is 2. The number of nitrogens with zero attached hydrogens (tertiary/aromatic N) is 3. The highest BCUT2D eigenvalue weighted by Gasteiger charge is 2.15. The summed E-state index contributed by atoms with van der Waals surface area (Å²) < 4.78 is 1.74. The first-order valence-electron chi connectivity index (χ1n) is 6.16. The number of nitro benzene ring substituents is 1. The fourth-order valence-electron chi connectivity index (χ4n) is 2.03. The third kappa shape index (κ3) is 3.15. The summed E-state index contributed by atoms with van der Waals surface area (Å²) in [4.78, 5) is 10.3. The van der Waals surface area contributed by atoms with Gasteiger partial charge in [-0.1, -0.05) is 11.6 Å². The van der Waals surface area contributed by atoms with E-state index in [1.165, 1.54) is 6.07 Å². The number of aromatic nitrogens is 1. The molecular weight excluding hydrogens is 292 g/mol. The van der Waals surface area contributed by atoms with E-state index in [0.717, 1.165) is 16.8 Å². The predicted octanol–water partition coefficient (Wildman–Crippen LogP) is 3.38. The molecule has 0 fully saturated rings. The molecule has 0 saturated carbocycles. The minimum Gasteiger partial charge on any atom is -0.381 e. The summed E-state index contributed by atoms with van der Waals surface area (Å²) in [6.07, 6.45) is 1.86. The lowest BCUT2D eigenvalue weighted by Crippen LogP contribution is -2.01. The monoisotopic (exact) mass is 304 g/mol. The number of hydrogen-bond donors (Lipinski definition) is 1. The Hall–Kier alpha value is -2.52. The zero-order valence-corrected chi connectivity index (χ0v) is 12.3. The molecule has 0 bridgehead atoms. The lowest BCUT2D eigenvalue weighted by Gasteiger charge is -2.09. The molecule has 0 radical (unpaired) electrons. The lowest BCUT2D eigenvalue weighted by atomic mass is 10.1. The molecule has 6 nitrogen and oxygen atoms in total. The van der Waals surface area contributed by atoms with Crippen LogP contribution in [0.25, 0.3) is 0 Å². The third-order valence-electron chi connectivity index (χ3n) is 3.15. The summed E-state index contributed by atoms with van der Waals surface area (Å²) in [5.41, 5.74) is 2.88. The summed E-state index contributed by atoms with van der Waals surface area (Å²) in [5, 5.41) is 23.0. The van der Waals surface area contributed by atoms with Gasteiger partial charge in [-0.2, -0.15) is 5.26 Å². The van der Waals surface area contributed by atoms with Gasteiger partial charge in [0.1, 0.15) is 16.8 Å². The molecule has 7 heteroatoms. The van der Waals surface area contributed by atoms with E-state index in [0.29, 0.717) is 12.2 Å². The van der Waals surface area contributed by atoms with Gasteiger partial charge in [0.25, 0.3) is 5.69 Å². The van der Waals surface area contributed by atoms with Crippen molar-refractivity contribution in [3.8, 4) is 6.07 Å². The average Bonchev–Trinajstić information content (AvgIpc) is 2.79. The lowest BCUT2D eigenvalue weighted by molar-refractivity contribution is -0.384. The van der Waals surface area contributed by atoms with E-state index in [-0.39, 0.29) is 10.7 Å². The summed E-state index contributed by atoms with van der Waals surface area (Å²) in [5.74, 6) is 0. The first-order chi connectivity index (χ1) is 9.92. The van der Waals surface area contributed by atoms with Crippen molar-refractivity contribution in [2.45, 2.75) is 13.5 Å². The Morgan fingerprint density at radius 2 is 2.19 bits per heavy atom. The van der Waals surface area contributed by atoms with Crippen molar-refractivity contribution in [3.05, 3.63) is 56.4 Å². The minimum atomic E-state index is -0.504. The Balaban J connectivity index is 2.18. The molecule has 0 aliphatic rings. The maximum Gasteiger partial charge on any atom is 0.288 e. The maximum absolute atomic E-state index is 10.8. The molecule has 0 aliphatic heterocycles. The number of nitro groups is 1. The van der Waals surface area contributed by atoms with Gasteiger partial charge in [0.2, 0.25) is 0 Å². The first kappa shape index (κ1) is 14.9. The van der Waals surface area contributed by atoms with E-state index in [1.807, 2.05) is 6.20 Å². The average molecular weight is 305 g/mol. The van der Waals surface area contributed by atoms with Crippen LogP contribution in [0, 0.1) is 28.4 Å². The van der Waals surface area contributed by atoms with E-state index in [2.05, 4.69) is 11.4 Å². The number of nitrogens with one attached hydrogen (secondary N) is 1. The van der Waals surface area contributed by atoms with Crippen molar-refractivity contribution in [3.63, 3.8) is 0 Å². The van der Waals surface area contributed by atoms with Gasteiger partial charge in [-0.25, -0.2) is 0 Å². The van der Waals surface area contributed by atoms with Crippen molar-refractivity contribution < 1.29 is 4.92 Å². The molecule has 108 valence electrons. The van der Waals surface area contributed by atoms with Crippen LogP contribution in [0.2, 0.25) is 5.02 Å². The van der Waals surface area contributed by atoms with Gasteiger partial charge in [0.15, 0.2) is 0 Å².